The smallest absolute Gasteiger partial charge is 0.349 e. The Morgan fingerprint density at radius 2 is 1.61 bits per heavy atom. The Labute approximate surface area is 211 Å². The van der Waals surface area contributed by atoms with Gasteiger partial charge in [-0.3, -0.25) is 0 Å². The molecule has 3 aliphatic rings. The average Bonchev–Trinajstić information content (AvgIpc) is 3.04. The van der Waals surface area contributed by atoms with Crippen LogP contribution in [0, 0.1) is 0 Å². The monoisotopic (exact) mass is 597 g/mol. The van der Waals surface area contributed by atoms with E-state index in [4.69, 9.17) is 14.6 Å². The summed E-state index contributed by atoms with van der Waals surface area (Å²) >= 11 is 2.74. The lowest BCUT2D eigenvalue weighted by Crippen LogP contribution is -3.00. The molecule has 0 aromatic carbocycles. The first kappa shape index (κ1) is 26.9. The van der Waals surface area contributed by atoms with Gasteiger partial charge in [0.2, 0.25) is 5.60 Å². The Morgan fingerprint density at radius 1 is 1.16 bits per heavy atom. The molecule has 0 amide bonds. The highest BCUT2D eigenvalue weighted by Crippen LogP contribution is 2.52. The zero-order chi connectivity index (χ0) is 20.8. The Balaban J connectivity index is 0.000000648. The van der Waals surface area contributed by atoms with Crippen LogP contribution < -0.4 is 17.0 Å². The highest BCUT2D eigenvalue weighted by molar-refractivity contribution is 8.93. The number of halogens is 2. The number of hydrogen-bond acceptors (Lipinski definition) is 7. The van der Waals surface area contributed by atoms with Gasteiger partial charge in [0.05, 0.1) is 23.8 Å². The molecule has 2 bridgehead atoms. The van der Waals surface area contributed by atoms with Gasteiger partial charge in [-0.25, -0.2) is 4.79 Å². The number of thiophene rings is 2. The van der Waals surface area contributed by atoms with Crippen LogP contribution in [-0.2, 0) is 19.9 Å². The molecule has 10 heteroatoms. The Morgan fingerprint density at radius 3 is 2.00 bits per heavy atom. The molecule has 6 nitrogen and oxygen atoms in total. The van der Waals surface area contributed by atoms with Crippen molar-refractivity contribution >= 4 is 45.6 Å². The molecule has 31 heavy (non-hydrogen) atoms. The lowest BCUT2D eigenvalue weighted by atomic mass is 9.95. The van der Waals surface area contributed by atoms with Gasteiger partial charge >= 0.3 is 5.97 Å². The molecular formula is C21H29Br2NO5S2. The summed E-state index contributed by atoms with van der Waals surface area (Å²) in [6.07, 6.45) is 2.05. The number of nitrogens with zero attached hydrogens (tertiary/aromatic N) is 1. The van der Waals surface area contributed by atoms with E-state index in [9.17, 15) is 9.90 Å². The molecule has 0 aliphatic carbocycles. The first-order valence-corrected chi connectivity index (χ1v) is 11.7. The first-order valence-electron chi connectivity index (χ1n) is 9.95. The lowest BCUT2D eigenvalue weighted by Gasteiger charge is -2.45. The minimum Gasteiger partial charge on any atom is -1.00 e. The van der Waals surface area contributed by atoms with Crippen molar-refractivity contribution in [2.45, 2.75) is 55.8 Å². The summed E-state index contributed by atoms with van der Waals surface area (Å²) < 4.78 is 12.6. The molecule has 0 radical (unpaired) electrons. The van der Waals surface area contributed by atoms with Crippen molar-refractivity contribution in [1.82, 2.24) is 0 Å². The van der Waals surface area contributed by atoms with Crippen molar-refractivity contribution in [2.24, 2.45) is 0 Å². The van der Waals surface area contributed by atoms with E-state index in [1.165, 1.54) is 22.7 Å². The summed E-state index contributed by atoms with van der Waals surface area (Å²) in [5.41, 5.74) is -1.72. The third-order valence-corrected chi connectivity index (χ3v) is 8.32. The molecule has 0 spiro atoms. The summed E-state index contributed by atoms with van der Waals surface area (Å²) in [4.78, 5) is 14.3. The number of carbonyl (C=O) groups is 1. The van der Waals surface area contributed by atoms with Gasteiger partial charge in [0.1, 0.15) is 30.4 Å². The number of morpholine rings is 1. The molecule has 2 aromatic heterocycles. The predicted octanol–water partition coefficient (Wildman–Crippen LogP) is -0.0738. The Kier molecular flexibility index (Phi) is 8.94. The number of aliphatic hydroxyl groups is 2. The molecule has 3 fully saturated rings. The SMILES string of the molecule is Br.CCO.C[N+]1(C)[C@@H]2CC(OC(=O)C(O)(c3cccs3)c3cccs3)C[C@H]1[C@@H]1O[C@@H]12.[Br-]. The van der Waals surface area contributed by atoms with Crippen molar-refractivity contribution in [1.29, 1.82) is 0 Å². The van der Waals surface area contributed by atoms with Crippen molar-refractivity contribution in [3.05, 3.63) is 44.8 Å². The van der Waals surface area contributed by atoms with Crippen LogP contribution in [-0.4, -0.2) is 71.8 Å². The quantitative estimate of drug-likeness (QED) is 0.293. The number of likely N-dealkylation sites (N-methyl/N-ethyl adjacent to an activating group) is 1. The van der Waals surface area contributed by atoms with E-state index in [0.717, 1.165) is 17.3 Å². The van der Waals surface area contributed by atoms with Crippen molar-refractivity contribution < 1.29 is 45.9 Å². The number of ether oxygens (including phenoxy) is 2. The number of rotatable bonds is 4. The zero-order valence-electron chi connectivity index (χ0n) is 17.6. The van der Waals surface area contributed by atoms with Crippen molar-refractivity contribution in [2.75, 3.05) is 20.7 Å². The second-order valence-electron chi connectivity index (χ2n) is 8.31. The Hall–Kier alpha value is -0.330. The summed E-state index contributed by atoms with van der Waals surface area (Å²) in [5, 5.41) is 22.7. The highest BCUT2D eigenvalue weighted by Gasteiger charge is 2.71. The predicted molar refractivity (Wildman–Crippen MR) is 122 cm³/mol. The second-order valence-corrected chi connectivity index (χ2v) is 10.2. The molecule has 2 aromatic rings. The van der Waals surface area contributed by atoms with Crippen LogP contribution in [0.25, 0.3) is 0 Å². The molecule has 5 heterocycles. The Bertz CT molecular complexity index is 792. The minimum absolute atomic E-state index is 0. The van der Waals surface area contributed by atoms with Crippen LogP contribution in [0.1, 0.15) is 29.5 Å². The summed E-state index contributed by atoms with van der Waals surface area (Å²) in [6.45, 7) is 1.93. The van der Waals surface area contributed by atoms with Crippen LogP contribution in [0.5, 0.6) is 0 Å². The molecule has 1 unspecified atom stereocenters. The standard InChI is InChI=1S/C19H22NO4S2.C2H6O.2BrH/c1-20(2)12-9-11(10-13(20)17-16(12)24-17)23-18(21)19(22,14-5-3-7-25-14)15-6-4-8-26-15;1-2-3;;/h3-8,11-13,16-17,22H,9-10H2,1-2H3;3H,2H2,1H3;2*1H/q+1;;;/p-1/t11?,12-,13+,16-,17+;;;. The molecule has 5 rings (SSSR count). The van der Waals surface area contributed by atoms with Gasteiger partial charge in [-0.1, -0.05) is 12.1 Å². The number of quaternary nitrogens is 1. The number of esters is 1. The maximum atomic E-state index is 13.1. The number of epoxide rings is 1. The topological polar surface area (TPSA) is 79.3 Å². The van der Waals surface area contributed by atoms with Crippen LogP contribution in [0.15, 0.2) is 35.0 Å². The fourth-order valence-electron chi connectivity index (χ4n) is 4.83. The lowest BCUT2D eigenvalue weighted by molar-refractivity contribution is -0.938. The van der Waals surface area contributed by atoms with Gasteiger partial charge in [-0.05, 0) is 29.8 Å². The molecule has 5 atom stereocenters. The normalized spacial score (nSPS) is 29.4. The second kappa shape index (κ2) is 10.3. The van der Waals surface area contributed by atoms with E-state index in [-0.39, 0.29) is 46.7 Å². The number of piperidine rings is 1. The fourth-order valence-corrected chi connectivity index (χ4v) is 6.54. The van der Waals surface area contributed by atoms with E-state index in [2.05, 4.69) is 14.1 Å². The largest absolute Gasteiger partial charge is 1.00 e. The van der Waals surface area contributed by atoms with Gasteiger partial charge in [0.25, 0.3) is 0 Å². The number of hydrogen-bond donors (Lipinski definition) is 2. The van der Waals surface area contributed by atoms with Gasteiger partial charge in [-0.2, -0.15) is 0 Å². The van der Waals surface area contributed by atoms with Gasteiger partial charge in [0.15, 0.2) is 0 Å². The van der Waals surface area contributed by atoms with Gasteiger partial charge in [0, 0.05) is 19.4 Å². The fraction of sp³-hybridized carbons (Fsp3) is 0.571. The van der Waals surface area contributed by atoms with Gasteiger partial charge in [-0.15, -0.1) is 39.7 Å². The van der Waals surface area contributed by atoms with Crippen molar-refractivity contribution in [3.8, 4) is 0 Å². The number of carbonyl (C=O) groups excluding carboxylic acids is 1. The van der Waals surface area contributed by atoms with E-state index in [1.807, 2.05) is 22.9 Å². The molecule has 0 saturated carbocycles. The highest BCUT2D eigenvalue weighted by atomic mass is 79.9. The molecular weight excluding hydrogens is 570 g/mol. The summed E-state index contributed by atoms with van der Waals surface area (Å²) in [5.74, 6) is -0.561. The summed E-state index contributed by atoms with van der Waals surface area (Å²) in [7, 11) is 4.49. The molecule has 3 saturated heterocycles. The van der Waals surface area contributed by atoms with Crippen LogP contribution >= 0.6 is 39.7 Å². The van der Waals surface area contributed by atoms with Crippen LogP contribution in [0.2, 0.25) is 0 Å². The van der Waals surface area contributed by atoms with E-state index >= 15 is 0 Å². The molecule has 2 N–H and O–H groups in total. The third-order valence-electron chi connectivity index (χ3n) is 6.36. The van der Waals surface area contributed by atoms with Gasteiger partial charge < -0.3 is 41.2 Å². The van der Waals surface area contributed by atoms with E-state index in [1.54, 1.807) is 19.1 Å². The molecule has 174 valence electrons. The van der Waals surface area contributed by atoms with Crippen molar-refractivity contribution in [3.63, 3.8) is 0 Å². The number of aliphatic hydroxyl groups excluding tert-OH is 1. The maximum absolute atomic E-state index is 13.1. The zero-order valence-corrected chi connectivity index (χ0v) is 22.6. The number of fused-ring (bicyclic) bond motifs is 5. The average molecular weight is 599 g/mol. The van der Waals surface area contributed by atoms with Crippen LogP contribution in [0.4, 0.5) is 0 Å². The first-order chi connectivity index (χ1) is 13.8. The van der Waals surface area contributed by atoms with Crippen LogP contribution in [0.3, 0.4) is 0 Å². The van der Waals surface area contributed by atoms with E-state index < -0.39 is 11.6 Å². The summed E-state index contributed by atoms with van der Waals surface area (Å²) in [6, 6.07) is 8.01. The molecule has 3 aliphatic heterocycles. The third kappa shape index (κ3) is 4.68. The van der Waals surface area contributed by atoms with E-state index in [0.29, 0.717) is 34.0 Å². The maximum Gasteiger partial charge on any atom is 0.349 e. The minimum atomic E-state index is -1.72.